The summed E-state index contributed by atoms with van der Waals surface area (Å²) in [6.45, 7) is 0.120. The summed E-state index contributed by atoms with van der Waals surface area (Å²) in [5.41, 5.74) is -1.08. The predicted molar refractivity (Wildman–Crippen MR) is 64.1 cm³/mol. The second kappa shape index (κ2) is 5.36. The van der Waals surface area contributed by atoms with Crippen LogP contribution in [0.15, 0.2) is 30.5 Å². The van der Waals surface area contributed by atoms with Crippen molar-refractivity contribution in [3.63, 3.8) is 0 Å². The maximum atomic E-state index is 12.6. The Morgan fingerprint density at radius 2 is 1.95 bits per heavy atom. The topological polar surface area (TPSA) is 44.1 Å². The summed E-state index contributed by atoms with van der Waals surface area (Å²) >= 11 is 0. The summed E-state index contributed by atoms with van der Waals surface area (Å²) in [6.07, 6.45) is -2.39. The molecule has 0 aliphatic heterocycles. The van der Waals surface area contributed by atoms with Crippen LogP contribution in [0.5, 0.6) is 5.75 Å². The van der Waals surface area contributed by atoms with Gasteiger partial charge < -0.3 is 4.74 Å². The molecule has 1 aromatic heterocycles. The van der Waals surface area contributed by atoms with E-state index in [2.05, 4.69) is 5.10 Å². The van der Waals surface area contributed by atoms with E-state index in [1.54, 1.807) is 24.3 Å². The number of benzene rings is 1. The Morgan fingerprint density at radius 1 is 1.30 bits per heavy atom. The Morgan fingerprint density at radius 3 is 2.40 bits per heavy atom. The molecule has 1 heterocycles. The maximum Gasteiger partial charge on any atom is 0.435 e. The molecule has 0 atom stereocenters. The van der Waals surface area contributed by atoms with Crippen molar-refractivity contribution >= 4 is 6.29 Å². The molecule has 105 valence electrons. The number of halogens is 3. The monoisotopic (exact) mass is 283 g/mol. The maximum absolute atomic E-state index is 12.6. The van der Waals surface area contributed by atoms with Crippen LogP contribution in [0.2, 0.25) is 0 Å². The average molecular weight is 283 g/mol. The molecule has 0 aliphatic rings. The molecule has 1 aromatic carbocycles. The number of alkyl halides is 3. The van der Waals surface area contributed by atoms with Gasteiger partial charge in [-0.15, -0.1) is 0 Å². The molecular weight excluding hydrogens is 273 g/mol. The van der Waals surface area contributed by atoms with Crippen molar-refractivity contribution < 1.29 is 22.7 Å². The van der Waals surface area contributed by atoms with Crippen molar-refractivity contribution in [1.82, 2.24) is 9.78 Å². The highest BCUT2D eigenvalue weighted by Gasteiger charge is 2.37. The molecular formula is C13H10F3N2O2. The molecule has 0 saturated carbocycles. The van der Waals surface area contributed by atoms with Gasteiger partial charge in [-0.3, -0.25) is 9.48 Å². The third-order valence-corrected chi connectivity index (χ3v) is 2.64. The molecule has 0 unspecified atom stereocenters. The second-order valence-corrected chi connectivity index (χ2v) is 4.04. The number of carbonyl (C=O) groups excluding carboxylic acids is 1. The molecule has 0 bridgehead atoms. The molecule has 2 aromatic rings. The van der Waals surface area contributed by atoms with Crippen molar-refractivity contribution in [2.75, 3.05) is 7.11 Å². The standard InChI is InChI=1S/C13H10F3N2O2/c1-20-11-4-2-9(3-5-11)6-18-7-10(8-19)12(17-18)13(14,15)16/h2-5,7H,6H2,1H3. The summed E-state index contributed by atoms with van der Waals surface area (Å²) in [5, 5.41) is 3.39. The van der Waals surface area contributed by atoms with Crippen LogP contribution in [0.4, 0.5) is 13.2 Å². The molecule has 0 saturated heterocycles. The Labute approximate surface area is 112 Å². The van der Waals surface area contributed by atoms with E-state index >= 15 is 0 Å². The van der Waals surface area contributed by atoms with Crippen LogP contribution >= 0.6 is 0 Å². The summed E-state index contributed by atoms with van der Waals surface area (Å²) in [6, 6.07) is 6.79. The molecule has 0 spiro atoms. The van der Waals surface area contributed by atoms with E-state index in [1.165, 1.54) is 13.4 Å². The van der Waals surface area contributed by atoms with Gasteiger partial charge in [0.25, 0.3) is 0 Å². The fourth-order valence-electron chi connectivity index (χ4n) is 1.70. The fraction of sp³-hybridized carbons (Fsp3) is 0.231. The number of nitrogens with zero attached hydrogens (tertiary/aromatic N) is 2. The van der Waals surface area contributed by atoms with E-state index in [9.17, 15) is 18.0 Å². The van der Waals surface area contributed by atoms with Gasteiger partial charge >= 0.3 is 6.18 Å². The van der Waals surface area contributed by atoms with Gasteiger partial charge in [0, 0.05) is 6.20 Å². The first-order valence-electron chi connectivity index (χ1n) is 5.60. The van der Waals surface area contributed by atoms with E-state index in [1.807, 2.05) is 0 Å². The molecule has 20 heavy (non-hydrogen) atoms. The largest absolute Gasteiger partial charge is 0.497 e. The van der Waals surface area contributed by atoms with Crippen LogP contribution in [0.25, 0.3) is 0 Å². The lowest BCUT2D eigenvalue weighted by Gasteiger charge is -2.04. The van der Waals surface area contributed by atoms with Crippen LogP contribution in [0.1, 0.15) is 16.8 Å². The van der Waals surface area contributed by atoms with Gasteiger partial charge in [0.05, 0.1) is 19.2 Å². The van der Waals surface area contributed by atoms with E-state index in [0.717, 1.165) is 16.4 Å². The highest BCUT2D eigenvalue weighted by molar-refractivity contribution is 5.76. The third-order valence-electron chi connectivity index (χ3n) is 2.64. The van der Waals surface area contributed by atoms with Crippen LogP contribution in [-0.2, 0) is 17.5 Å². The van der Waals surface area contributed by atoms with Gasteiger partial charge in [0.2, 0.25) is 6.29 Å². The van der Waals surface area contributed by atoms with E-state index in [0.29, 0.717) is 5.75 Å². The lowest BCUT2D eigenvalue weighted by molar-refractivity contribution is -0.141. The van der Waals surface area contributed by atoms with Crippen molar-refractivity contribution in [1.29, 1.82) is 0 Å². The van der Waals surface area contributed by atoms with Crippen LogP contribution in [-0.4, -0.2) is 23.2 Å². The first-order valence-corrected chi connectivity index (χ1v) is 5.60. The van der Waals surface area contributed by atoms with Gasteiger partial charge in [0.1, 0.15) is 5.75 Å². The van der Waals surface area contributed by atoms with Crippen molar-refractivity contribution in [2.45, 2.75) is 12.7 Å². The van der Waals surface area contributed by atoms with Crippen LogP contribution < -0.4 is 4.74 Å². The highest BCUT2D eigenvalue weighted by atomic mass is 19.4. The zero-order valence-corrected chi connectivity index (χ0v) is 10.4. The number of rotatable bonds is 4. The number of methoxy groups -OCH3 is 1. The molecule has 2 rings (SSSR count). The second-order valence-electron chi connectivity index (χ2n) is 4.04. The quantitative estimate of drug-likeness (QED) is 0.865. The van der Waals surface area contributed by atoms with Gasteiger partial charge in [-0.2, -0.15) is 18.3 Å². The number of hydrogen-bond acceptors (Lipinski definition) is 3. The van der Waals surface area contributed by atoms with E-state index in [-0.39, 0.29) is 6.54 Å². The van der Waals surface area contributed by atoms with Gasteiger partial charge in [-0.1, -0.05) is 12.1 Å². The average Bonchev–Trinajstić information content (AvgIpc) is 2.83. The Hall–Kier alpha value is -2.31. The molecule has 0 N–H and O–H groups in total. The highest BCUT2D eigenvalue weighted by Crippen LogP contribution is 2.30. The number of hydrogen-bond donors (Lipinski definition) is 0. The summed E-state index contributed by atoms with van der Waals surface area (Å²) in [7, 11) is 1.52. The molecule has 7 heteroatoms. The lowest BCUT2D eigenvalue weighted by atomic mass is 10.2. The minimum absolute atomic E-state index is 0.120. The first-order chi connectivity index (χ1) is 9.44. The van der Waals surface area contributed by atoms with Crippen molar-refractivity contribution in [2.24, 2.45) is 0 Å². The molecule has 0 amide bonds. The van der Waals surface area contributed by atoms with Gasteiger partial charge in [-0.25, -0.2) is 0 Å². The summed E-state index contributed by atoms with van der Waals surface area (Å²) < 4.78 is 43.9. The number of aromatic nitrogens is 2. The fourth-order valence-corrected chi connectivity index (χ4v) is 1.70. The Balaban J connectivity index is 2.25. The third kappa shape index (κ3) is 2.98. The van der Waals surface area contributed by atoms with Crippen LogP contribution in [0, 0.1) is 0 Å². The SMILES string of the molecule is COc1ccc(Cn2cc([C]=O)c(C(F)(F)F)n2)cc1. The molecule has 4 nitrogen and oxygen atoms in total. The van der Waals surface area contributed by atoms with E-state index in [4.69, 9.17) is 4.74 Å². The minimum atomic E-state index is -4.67. The Kier molecular flexibility index (Phi) is 3.78. The first kappa shape index (κ1) is 14.1. The summed E-state index contributed by atoms with van der Waals surface area (Å²) in [4.78, 5) is 10.5. The molecule has 1 radical (unpaired) electrons. The molecule has 0 fully saturated rings. The smallest absolute Gasteiger partial charge is 0.435 e. The van der Waals surface area contributed by atoms with Crippen molar-refractivity contribution in [3.8, 4) is 5.75 Å². The van der Waals surface area contributed by atoms with Crippen molar-refractivity contribution in [3.05, 3.63) is 47.3 Å². The lowest BCUT2D eigenvalue weighted by Crippen LogP contribution is -2.10. The normalized spacial score (nSPS) is 11.4. The predicted octanol–water partition coefficient (Wildman–Crippen LogP) is 2.42. The zero-order valence-electron chi connectivity index (χ0n) is 10.4. The summed E-state index contributed by atoms with van der Waals surface area (Å²) in [5.74, 6) is 0.645. The van der Waals surface area contributed by atoms with E-state index < -0.39 is 17.4 Å². The minimum Gasteiger partial charge on any atom is -0.497 e. The van der Waals surface area contributed by atoms with Crippen LogP contribution in [0.3, 0.4) is 0 Å². The zero-order chi connectivity index (χ0) is 14.8. The van der Waals surface area contributed by atoms with Gasteiger partial charge in [-0.05, 0) is 17.7 Å². The molecule has 0 aliphatic carbocycles. The Bertz CT molecular complexity index is 603. The van der Waals surface area contributed by atoms with Gasteiger partial charge in [0.15, 0.2) is 5.69 Å². The number of ether oxygens (including phenoxy) is 1.